The van der Waals surface area contributed by atoms with Crippen molar-refractivity contribution in [1.82, 2.24) is 4.98 Å². The van der Waals surface area contributed by atoms with Crippen molar-refractivity contribution in [2.24, 2.45) is 0 Å². The number of methoxy groups -OCH3 is 1. The zero-order valence-electron chi connectivity index (χ0n) is 18.4. The van der Waals surface area contributed by atoms with Gasteiger partial charge in [0.2, 0.25) is 5.76 Å². The largest absolute Gasteiger partial charge is 0.463 e. The van der Waals surface area contributed by atoms with Crippen LogP contribution in [0.1, 0.15) is 63.4 Å². The number of carbonyl (C=O) groups is 2. The van der Waals surface area contributed by atoms with E-state index >= 15 is 0 Å². The molecular formula is C25H27NO5. The van der Waals surface area contributed by atoms with E-state index in [0.717, 1.165) is 41.6 Å². The van der Waals surface area contributed by atoms with E-state index in [4.69, 9.17) is 9.15 Å². The van der Waals surface area contributed by atoms with Gasteiger partial charge < -0.3 is 13.9 Å². The fraction of sp³-hybridized carbons (Fsp3) is 0.320. The first kappa shape index (κ1) is 22.3. The van der Waals surface area contributed by atoms with Crippen molar-refractivity contribution < 1.29 is 23.5 Å². The van der Waals surface area contributed by atoms with Crippen LogP contribution in [0, 0.1) is 13.8 Å². The van der Waals surface area contributed by atoms with E-state index in [0.29, 0.717) is 17.0 Å². The van der Waals surface area contributed by atoms with E-state index in [2.05, 4.69) is 16.6 Å². The summed E-state index contributed by atoms with van der Waals surface area (Å²) in [5.74, 6) is -0.650. The zero-order chi connectivity index (χ0) is 22.4. The Hall–Kier alpha value is -3.41. The summed E-state index contributed by atoms with van der Waals surface area (Å²) in [6, 6.07) is 13.1. The van der Waals surface area contributed by atoms with Gasteiger partial charge in [0.25, 0.3) is 0 Å². The number of nitrogens with zero attached hydrogens (tertiary/aromatic N) is 1. The Kier molecular flexibility index (Phi) is 7.23. The van der Waals surface area contributed by atoms with Gasteiger partial charge in [-0.2, -0.15) is 0 Å². The van der Waals surface area contributed by atoms with Gasteiger partial charge in [-0.3, -0.25) is 4.98 Å². The normalized spacial score (nSPS) is 10.7. The maximum atomic E-state index is 13.0. The summed E-state index contributed by atoms with van der Waals surface area (Å²) in [6.45, 7) is 5.89. The highest BCUT2D eigenvalue weighted by atomic mass is 16.5. The minimum atomic E-state index is -0.582. The third-order valence-electron chi connectivity index (χ3n) is 5.00. The molecular weight excluding hydrogens is 394 g/mol. The van der Waals surface area contributed by atoms with Gasteiger partial charge >= 0.3 is 11.9 Å². The predicted molar refractivity (Wildman–Crippen MR) is 117 cm³/mol. The average molecular weight is 421 g/mol. The maximum Gasteiger partial charge on any atom is 0.373 e. The lowest BCUT2D eigenvalue weighted by molar-refractivity contribution is 0.0438. The van der Waals surface area contributed by atoms with E-state index in [1.54, 1.807) is 6.07 Å². The molecule has 162 valence electrons. The number of aromatic nitrogens is 1. The molecule has 6 heteroatoms. The van der Waals surface area contributed by atoms with Crippen LogP contribution in [0.3, 0.4) is 0 Å². The minimum Gasteiger partial charge on any atom is -0.463 e. The standard InChI is InChI=1S/C25H27NO5/c1-5-6-7-19-14-21(18-10-8-16(2)9-11-18)23(17(3)26-19)25(28)30-15-20-12-13-22(31-20)24(27)29-4/h8-14H,5-7,15H2,1-4H3. The van der Waals surface area contributed by atoms with Gasteiger partial charge in [0.15, 0.2) is 0 Å². The number of rotatable bonds is 8. The summed E-state index contributed by atoms with van der Waals surface area (Å²) in [4.78, 5) is 29.2. The van der Waals surface area contributed by atoms with Crippen molar-refractivity contribution in [1.29, 1.82) is 0 Å². The summed E-state index contributed by atoms with van der Waals surface area (Å²) < 4.78 is 15.5. The second kappa shape index (κ2) is 10.1. The van der Waals surface area contributed by atoms with E-state index in [1.165, 1.54) is 13.2 Å². The van der Waals surface area contributed by atoms with Crippen molar-refractivity contribution in [2.75, 3.05) is 7.11 Å². The SMILES string of the molecule is CCCCc1cc(-c2ccc(C)cc2)c(C(=O)OCc2ccc(C(=O)OC)o2)c(C)n1. The summed E-state index contributed by atoms with van der Waals surface area (Å²) in [5, 5.41) is 0. The smallest absolute Gasteiger partial charge is 0.373 e. The van der Waals surface area contributed by atoms with E-state index in [-0.39, 0.29) is 12.4 Å². The lowest BCUT2D eigenvalue weighted by Gasteiger charge is -2.14. The number of unbranched alkanes of at least 4 members (excludes halogenated alkanes) is 1. The number of carbonyl (C=O) groups excluding carboxylic acids is 2. The summed E-state index contributed by atoms with van der Waals surface area (Å²) in [7, 11) is 1.27. The first-order valence-electron chi connectivity index (χ1n) is 10.3. The molecule has 0 radical (unpaired) electrons. The summed E-state index contributed by atoms with van der Waals surface area (Å²) in [5.41, 5.74) is 4.90. The Morgan fingerprint density at radius 1 is 1.03 bits per heavy atom. The highest BCUT2D eigenvalue weighted by Gasteiger charge is 2.21. The Morgan fingerprint density at radius 3 is 2.45 bits per heavy atom. The monoisotopic (exact) mass is 421 g/mol. The molecule has 0 N–H and O–H groups in total. The van der Waals surface area contributed by atoms with Gasteiger partial charge in [0.05, 0.1) is 18.4 Å². The molecule has 0 saturated carbocycles. The lowest BCUT2D eigenvalue weighted by Crippen LogP contribution is -2.11. The predicted octanol–water partition coefficient (Wildman–Crippen LogP) is 5.44. The number of benzene rings is 1. The van der Waals surface area contributed by atoms with Crippen LogP contribution in [0.4, 0.5) is 0 Å². The molecule has 0 fully saturated rings. The van der Waals surface area contributed by atoms with Crippen LogP contribution in [0.2, 0.25) is 0 Å². The molecule has 0 atom stereocenters. The molecule has 0 saturated heterocycles. The second-order valence-electron chi connectivity index (χ2n) is 7.42. The topological polar surface area (TPSA) is 78.6 Å². The van der Waals surface area contributed by atoms with Crippen molar-refractivity contribution in [3.63, 3.8) is 0 Å². The molecule has 0 aliphatic rings. The molecule has 0 spiro atoms. The fourth-order valence-corrected chi connectivity index (χ4v) is 3.32. The van der Waals surface area contributed by atoms with Gasteiger partial charge in [-0.05, 0) is 56.0 Å². The highest BCUT2D eigenvalue weighted by Crippen LogP contribution is 2.28. The Balaban J connectivity index is 1.89. The molecule has 0 aliphatic carbocycles. The van der Waals surface area contributed by atoms with Gasteiger partial charge in [-0.15, -0.1) is 0 Å². The van der Waals surface area contributed by atoms with Crippen molar-refractivity contribution in [3.05, 3.63) is 76.5 Å². The minimum absolute atomic E-state index is 0.0621. The number of hydrogen-bond donors (Lipinski definition) is 0. The van der Waals surface area contributed by atoms with Crippen LogP contribution in [0.15, 0.2) is 46.9 Å². The molecule has 3 aromatic rings. The van der Waals surface area contributed by atoms with Crippen molar-refractivity contribution in [2.45, 2.75) is 46.6 Å². The molecule has 0 aliphatic heterocycles. The molecule has 3 rings (SSSR count). The van der Waals surface area contributed by atoms with E-state index in [9.17, 15) is 9.59 Å². The third-order valence-corrected chi connectivity index (χ3v) is 5.00. The molecule has 0 bridgehead atoms. The zero-order valence-corrected chi connectivity index (χ0v) is 18.4. The summed E-state index contributed by atoms with van der Waals surface area (Å²) in [6.07, 6.45) is 2.96. The third kappa shape index (κ3) is 5.40. The Morgan fingerprint density at radius 2 is 1.77 bits per heavy atom. The van der Waals surface area contributed by atoms with Gasteiger partial charge in [-0.25, -0.2) is 9.59 Å². The average Bonchev–Trinajstić information content (AvgIpc) is 3.24. The van der Waals surface area contributed by atoms with Gasteiger partial charge in [-0.1, -0.05) is 43.2 Å². The van der Waals surface area contributed by atoms with Crippen LogP contribution >= 0.6 is 0 Å². The van der Waals surface area contributed by atoms with Crippen LogP contribution in [0.25, 0.3) is 11.1 Å². The number of furan rings is 1. The van der Waals surface area contributed by atoms with Crippen LogP contribution < -0.4 is 0 Å². The van der Waals surface area contributed by atoms with Crippen LogP contribution in [-0.4, -0.2) is 24.0 Å². The number of ether oxygens (including phenoxy) is 2. The number of hydrogen-bond acceptors (Lipinski definition) is 6. The Bertz CT molecular complexity index is 1070. The molecule has 0 unspecified atom stereocenters. The second-order valence-corrected chi connectivity index (χ2v) is 7.42. The Labute approximate surface area is 182 Å². The summed E-state index contributed by atoms with van der Waals surface area (Å²) >= 11 is 0. The number of pyridine rings is 1. The van der Waals surface area contributed by atoms with Crippen molar-refractivity contribution >= 4 is 11.9 Å². The van der Waals surface area contributed by atoms with Gasteiger partial charge in [0, 0.05) is 5.69 Å². The first-order chi connectivity index (χ1) is 14.9. The molecule has 2 aromatic heterocycles. The maximum absolute atomic E-state index is 13.0. The molecule has 2 heterocycles. The fourth-order valence-electron chi connectivity index (χ4n) is 3.32. The highest BCUT2D eigenvalue weighted by molar-refractivity contribution is 5.98. The number of aryl methyl sites for hydroxylation is 3. The number of esters is 2. The van der Waals surface area contributed by atoms with E-state index < -0.39 is 11.9 Å². The first-order valence-corrected chi connectivity index (χ1v) is 10.3. The molecule has 6 nitrogen and oxygen atoms in total. The van der Waals surface area contributed by atoms with Crippen LogP contribution in [0.5, 0.6) is 0 Å². The van der Waals surface area contributed by atoms with E-state index in [1.807, 2.05) is 44.2 Å². The van der Waals surface area contributed by atoms with Crippen LogP contribution in [-0.2, 0) is 22.5 Å². The molecule has 1 aromatic carbocycles. The quantitative estimate of drug-likeness (QED) is 0.450. The molecule has 31 heavy (non-hydrogen) atoms. The lowest BCUT2D eigenvalue weighted by atomic mass is 9.96. The molecule has 0 amide bonds. The van der Waals surface area contributed by atoms with Gasteiger partial charge in [0.1, 0.15) is 12.4 Å². The van der Waals surface area contributed by atoms with Crippen molar-refractivity contribution in [3.8, 4) is 11.1 Å².